The molecule has 1 saturated heterocycles. The molecule has 0 aromatic heterocycles. The molecule has 2 fully saturated rings. The number of ether oxygens (including phenoxy) is 1. The largest absolute Gasteiger partial charge is 0.416 e. The second-order valence-electron chi connectivity index (χ2n) is 6.62. The Labute approximate surface area is 122 Å². The Kier molecular flexibility index (Phi) is 3.53. The number of alkyl halides is 3. The lowest BCUT2D eigenvalue weighted by molar-refractivity contribution is -0.137. The van der Waals surface area contributed by atoms with Gasteiger partial charge in [-0.2, -0.15) is 13.2 Å². The lowest BCUT2D eigenvalue weighted by atomic mass is 9.57. The minimum absolute atomic E-state index is 0.0904. The molecule has 5 heteroatoms. The van der Waals surface area contributed by atoms with E-state index in [4.69, 9.17) is 4.74 Å². The maximum atomic E-state index is 12.5. The van der Waals surface area contributed by atoms with Crippen molar-refractivity contribution in [2.24, 2.45) is 11.3 Å². The first kappa shape index (κ1) is 14.9. The van der Waals surface area contributed by atoms with Crippen molar-refractivity contribution in [2.75, 3.05) is 6.61 Å². The molecule has 1 aliphatic heterocycles. The fraction of sp³-hybridized carbons (Fsp3) is 0.625. The predicted octanol–water partition coefficient (Wildman–Crippen LogP) is 3.61. The van der Waals surface area contributed by atoms with E-state index in [0.717, 1.165) is 30.7 Å². The highest BCUT2D eigenvalue weighted by atomic mass is 19.4. The number of halogens is 3. The number of nitrogens with one attached hydrogen (secondary N) is 1. The third-order valence-corrected chi connectivity index (χ3v) is 4.91. The van der Waals surface area contributed by atoms with Crippen LogP contribution >= 0.6 is 0 Å². The zero-order valence-electron chi connectivity index (χ0n) is 12.2. The number of rotatable bonds is 3. The van der Waals surface area contributed by atoms with Gasteiger partial charge in [-0.05, 0) is 24.1 Å². The highest BCUT2D eigenvalue weighted by Crippen LogP contribution is 2.52. The molecule has 0 amide bonds. The van der Waals surface area contributed by atoms with E-state index >= 15 is 0 Å². The number of benzene rings is 1. The Morgan fingerprint density at radius 3 is 2.52 bits per heavy atom. The molecule has 116 valence electrons. The van der Waals surface area contributed by atoms with Gasteiger partial charge in [0.05, 0.1) is 11.7 Å². The molecule has 1 heterocycles. The highest BCUT2D eigenvalue weighted by molar-refractivity contribution is 5.25. The normalized spacial score (nSPS) is 30.8. The molecule has 3 unspecified atom stereocenters. The molecular weight excluding hydrogens is 279 g/mol. The fourth-order valence-corrected chi connectivity index (χ4v) is 3.78. The van der Waals surface area contributed by atoms with E-state index in [1.165, 1.54) is 0 Å². The Morgan fingerprint density at radius 2 is 1.90 bits per heavy atom. The van der Waals surface area contributed by atoms with Crippen molar-refractivity contribution in [3.05, 3.63) is 35.4 Å². The van der Waals surface area contributed by atoms with E-state index in [-0.39, 0.29) is 5.41 Å². The van der Waals surface area contributed by atoms with Gasteiger partial charge < -0.3 is 10.1 Å². The van der Waals surface area contributed by atoms with Crippen LogP contribution < -0.4 is 5.32 Å². The summed E-state index contributed by atoms with van der Waals surface area (Å²) in [5, 5.41) is 3.49. The number of hydrogen-bond acceptors (Lipinski definition) is 2. The molecule has 3 atom stereocenters. The van der Waals surface area contributed by atoms with Crippen LogP contribution in [-0.2, 0) is 17.5 Å². The molecule has 3 rings (SSSR count). The van der Waals surface area contributed by atoms with Crippen LogP contribution in [0.2, 0.25) is 0 Å². The van der Waals surface area contributed by atoms with Crippen molar-refractivity contribution in [3.8, 4) is 0 Å². The molecule has 2 aliphatic rings. The van der Waals surface area contributed by atoms with Crippen LogP contribution in [0.4, 0.5) is 13.2 Å². The monoisotopic (exact) mass is 299 g/mol. The summed E-state index contributed by atoms with van der Waals surface area (Å²) in [5.41, 5.74) is 0.369. The number of fused-ring (bicyclic) bond motifs is 1. The third kappa shape index (κ3) is 2.57. The van der Waals surface area contributed by atoms with Gasteiger partial charge in [-0.25, -0.2) is 0 Å². The predicted molar refractivity (Wildman–Crippen MR) is 73.7 cm³/mol. The molecule has 0 radical (unpaired) electrons. The van der Waals surface area contributed by atoms with Crippen molar-refractivity contribution in [1.82, 2.24) is 5.32 Å². The van der Waals surface area contributed by atoms with Gasteiger partial charge in [0.2, 0.25) is 0 Å². The van der Waals surface area contributed by atoms with Crippen LogP contribution in [0.1, 0.15) is 31.4 Å². The first-order chi connectivity index (χ1) is 9.80. The second kappa shape index (κ2) is 4.99. The molecule has 0 spiro atoms. The summed E-state index contributed by atoms with van der Waals surface area (Å²) in [6.45, 7) is 5.78. The Bertz CT molecular complexity index is 509. The maximum Gasteiger partial charge on any atom is 0.416 e. The minimum Gasteiger partial charge on any atom is -0.377 e. The van der Waals surface area contributed by atoms with Gasteiger partial charge in [-0.3, -0.25) is 0 Å². The first-order valence-corrected chi connectivity index (χ1v) is 7.31. The quantitative estimate of drug-likeness (QED) is 0.920. The molecule has 0 bridgehead atoms. The van der Waals surface area contributed by atoms with E-state index in [1.807, 2.05) is 0 Å². The maximum absolute atomic E-state index is 12.5. The van der Waals surface area contributed by atoms with Crippen molar-refractivity contribution in [3.63, 3.8) is 0 Å². The van der Waals surface area contributed by atoms with Gasteiger partial charge in [0, 0.05) is 30.5 Å². The van der Waals surface area contributed by atoms with Crippen molar-refractivity contribution in [1.29, 1.82) is 0 Å². The van der Waals surface area contributed by atoms with Crippen LogP contribution in [-0.4, -0.2) is 18.8 Å². The summed E-state index contributed by atoms with van der Waals surface area (Å²) in [4.78, 5) is 0. The average Bonchev–Trinajstić information content (AvgIpc) is 2.85. The van der Waals surface area contributed by atoms with Gasteiger partial charge >= 0.3 is 6.18 Å². The lowest BCUT2D eigenvalue weighted by Gasteiger charge is -2.55. The minimum atomic E-state index is -4.27. The molecular formula is C16H20F3NO. The van der Waals surface area contributed by atoms with Crippen molar-refractivity contribution in [2.45, 2.75) is 45.1 Å². The standard InChI is InChI=1S/C16H20F3NO/c1-15(2)13(12-7-8-21-14(12)15)20-9-10-3-5-11(6-4-10)16(17,18)19/h3-6,12-14,20H,7-9H2,1-2H3. The SMILES string of the molecule is CC1(C)C(NCc2ccc(C(F)(F)F)cc2)C2CCOC21. The van der Waals surface area contributed by atoms with Gasteiger partial charge in [-0.1, -0.05) is 26.0 Å². The van der Waals surface area contributed by atoms with E-state index in [0.29, 0.717) is 24.6 Å². The van der Waals surface area contributed by atoms with Gasteiger partial charge in [0.1, 0.15) is 0 Å². The lowest BCUT2D eigenvalue weighted by Crippen LogP contribution is -2.65. The molecule has 1 aromatic carbocycles. The first-order valence-electron chi connectivity index (χ1n) is 7.31. The molecule has 2 nitrogen and oxygen atoms in total. The van der Waals surface area contributed by atoms with Gasteiger partial charge in [-0.15, -0.1) is 0 Å². The molecule has 21 heavy (non-hydrogen) atoms. The Balaban J connectivity index is 1.61. The summed E-state index contributed by atoms with van der Waals surface area (Å²) in [7, 11) is 0. The van der Waals surface area contributed by atoms with Crippen molar-refractivity contribution >= 4 is 0 Å². The molecule has 1 saturated carbocycles. The average molecular weight is 299 g/mol. The third-order valence-electron chi connectivity index (χ3n) is 4.91. The zero-order valence-corrected chi connectivity index (χ0v) is 12.2. The molecule has 1 aromatic rings. The van der Waals surface area contributed by atoms with Gasteiger partial charge in [0.25, 0.3) is 0 Å². The summed E-state index contributed by atoms with van der Waals surface area (Å²) in [5.74, 6) is 0.537. The summed E-state index contributed by atoms with van der Waals surface area (Å²) >= 11 is 0. The van der Waals surface area contributed by atoms with E-state index in [9.17, 15) is 13.2 Å². The van der Waals surface area contributed by atoms with E-state index < -0.39 is 11.7 Å². The molecule has 1 N–H and O–H groups in total. The van der Waals surface area contributed by atoms with E-state index in [2.05, 4.69) is 19.2 Å². The highest BCUT2D eigenvalue weighted by Gasteiger charge is 2.58. The van der Waals surface area contributed by atoms with Crippen LogP contribution in [0, 0.1) is 11.3 Å². The Hall–Kier alpha value is -1.07. The fourth-order valence-electron chi connectivity index (χ4n) is 3.78. The molecule has 1 aliphatic carbocycles. The topological polar surface area (TPSA) is 21.3 Å². The summed E-state index contributed by atoms with van der Waals surface area (Å²) in [6, 6.07) is 5.75. The van der Waals surface area contributed by atoms with E-state index in [1.54, 1.807) is 12.1 Å². The van der Waals surface area contributed by atoms with Crippen LogP contribution in [0.3, 0.4) is 0 Å². The second-order valence-corrected chi connectivity index (χ2v) is 6.62. The smallest absolute Gasteiger partial charge is 0.377 e. The zero-order chi connectivity index (χ0) is 15.3. The summed E-state index contributed by atoms with van der Waals surface area (Å²) < 4.78 is 43.3. The van der Waals surface area contributed by atoms with Gasteiger partial charge in [0.15, 0.2) is 0 Å². The Morgan fingerprint density at radius 1 is 1.24 bits per heavy atom. The summed E-state index contributed by atoms with van der Waals surface area (Å²) in [6.07, 6.45) is -2.88. The van der Waals surface area contributed by atoms with Crippen molar-refractivity contribution < 1.29 is 17.9 Å². The van der Waals surface area contributed by atoms with Crippen LogP contribution in [0.25, 0.3) is 0 Å². The van der Waals surface area contributed by atoms with Crippen LogP contribution in [0.5, 0.6) is 0 Å². The van der Waals surface area contributed by atoms with Crippen LogP contribution in [0.15, 0.2) is 24.3 Å². The number of hydrogen-bond donors (Lipinski definition) is 1.